The molecule has 4 nitrogen and oxygen atoms in total. The van der Waals surface area contributed by atoms with Crippen LogP contribution in [0.15, 0.2) is 0 Å². The minimum Gasteiger partial charge on any atom is -0.480 e. The van der Waals surface area contributed by atoms with Crippen LogP contribution in [0.3, 0.4) is 0 Å². The summed E-state index contributed by atoms with van der Waals surface area (Å²) in [5, 5.41) is 12.5. The van der Waals surface area contributed by atoms with Crippen molar-refractivity contribution in [2.45, 2.75) is 56.5 Å². The van der Waals surface area contributed by atoms with Crippen LogP contribution in [-0.2, 0) is 4.79 Å². The van der Waals surface area contributed by atoms with Crippen molar-refractivity contribution in [1.82, 2.24) is 10.2 Å². The Hall–Kier alpha value is -0.610. The molecule has 2 saturated carbocycles. The lowest BCUT2D eigenvalue weighted by Gasteiger charge is -2.42. The topological polar surface area (TPSA) is 52.6 Å². The van der Waals surface area contributed by atoms with Gasteiger partial charge in [0.05, 0.1) is 0 Å². The molecular formula is C14H26N2O2. The van der Waals surface area contributed by atoms with Gasteiger partial charge in [-0.15, -0.1) is 0 Å². The Kier molecular flexibility index (Phi) is 4.28. The molecule has 4 heteroatoms. The molecule has 18 heavy (non-hydrogen) atoms. The maximum absolute atomic E-state index is 11.5. The van der Waals surface area contributed by atoms with Gasteiger partial charge in [0.2, 0.25) is 0 Å². The normalized spacial score (nSPS) is 33.4. The van der Waals surface area contributed by atoms with Crippen LogP contribution >= 0.6 is 0 Å². The van der Waals surface area contributed by atoms with E-state index in [0.717, 1.165) is 38.1 Å². The minimum atomic E-state index is -0.698. The van der Waals surface area contributed by atoms with E-state index in [2.05, 4.69) is 17.3 Å². The van der Waals surface area contributed by atoms with Gasteiger partial charge in [0, 0.05) is 12.6 Å². The Morgan fingerprint density at radius 1 is 1.39 bits per heavy atom. The quantitative estimate of drug-likeness (QED) is 0.784. The fraction of sp³-hybridized carbons (Fsp3) is 0.929. The van der Waals surface area contributed by atoms with Gasteiger partial charge in [0.15, 0.2) is 0 Å². The maximum Gasteiger partial charge on any atom is 0.323 e. The Morgan fingerprint density at radius 3 is 2.61 bits per heavy atom. The van der Waals surface area contributed by atoms with E-state index in [4.69, 9.17) is 0 Å². The predicted octanol–water partition coefficient (Wildman–Crippen LogP) is 1.70. The number of hydrogen-bond donors (Lipinski definition) is 2. The van der Waals surface area contributed by atoms with E-state index in [9.17, 15) is 9.90 Å². The molecule has 0 amide bonds. The van der Waals surface area contributed by atoms with Gasteiger partial charge in [-0.05, 0) is 58.5 Å². The molecular weight excluding hydrogens is 228 g/mol. The Balaban J connectivity index is 1.94. The SMILES string of the molecule is CNC1(C(=O)O)CCCC(N(C)CC2CCC2)C1. The van der Waals surface area contributed by atoms with Crippen molar-refractivity contribution in [2.75, 3.05) is 20.6 Å². The summed E-state index contributed by atoms with van der Waals surface area (Å²) >= 11 is 0. The second-order valence-electron chi connectivity index (χ2n) is 6.12. The largest absolute Gasteiger partial charge is 0.480 e. The van der Waals surface area contributed by atoms with Crippen LogP contribution in [0.25, 0.3) is 0 Å². The molecule has 0 spiro atoms. The molecule has 0 radical (unpaired) electrons. The van der Waals surface area contributed by atoms with Crippen LogP contribution < -0.4 is 5.32 Å². The number of nitrogens with zero attached hydrogens (tertiary/aromatic N) is 1. The van der Waals surface area contributed by atoms with Crippen LogP contribution in [0, 0.1) is 5.92 Å². The molecule has 0 bridgehead atoms. The van der Waals surface area contributed by atoms with E-state index in [1.807, 2.05) is 0 Å². The summed E-state index contributed by atoms with van der Waals surface area (Å²) in [4.78, 5) is 13.9. The fourth-order valence-corrected chi connectivity index (χ4v) is 3.38. The molecule has 2 aliphatic carbocycles. The van der Waals surface area contributed by atoms with Crippen LogP contribution in [0.1, 0.15) is 44.9 Å². The van der Waals surface area contributed by atoms with Gasteiger partial charge in [-0.25, -0.2) is 0 Å². The van der Waals surface area contributed by atoms with Gasteiger partial charge in [-0.2, -0.15) is 0 Å². The number of carbonyl (C=O) groups is 1. The Bertz CT molecular complexity index is 304. The summed E-state index contributed by atoms with van der Waals surface area (Å²) in [6, 6.07) is 0.419. The highest BCUT2D eigenvalue weighted by molar-refractivity contribution is 5.79. The summed E-state index contributed by atoms with van der Waals surface area (Å²) in [6.45, 7) is 1.14. The Labute approximate surface area is 110 Å². The molecule has 0 aliphatic heterocycles. The van der Waals surface area contributed by atoms with Gasteiger partial charge in [0.1, 0.15) is 5.54 Å². The molecule has 2 N–H and O–H groups in total. The number of aliphatic carboxylic acids is 1. The minimum absolute atomic E-state index is 0.419. The molecule has 0 aromatic heterocycles. The number of carboxylic acids is 1. The van der Waals surface area contributed by atoms with E-state index in [1.54, 1.807) is 7.05 Å². The highest BCUT2D eigenvalue weighted by atomic mass is 16.4. The van der Waals surface area contributed by atoms with Crippen molar-refractivity contribution < 1.29 is 9.90 Å². The van der Waals surface area contributed by atoms with Crippen LogP contribution in [-0.4, -0.2) is 48.2 Å². The first kappa shape index (κ1) is 13.8. The zero-order valence-electron chi connectivity index (χ0n) is 11.6. The zero-order chi connectivity index (χ0) is 13.2. The average molecular weight is 254 g/mol. The number of likely N-dealkylation sites (N-methyl/N-ethyl adjacent to an activating group) is 1. The molecule has 0 heterocycles. The smallest absolute Gasteiger partial charge is 0.323 e. The molecule has 2 atom stereocenters. The summed E-state index contributed by atoms with van der Waals surface area (Å²) in [7, 11) is 3.94. The third-order valence-corrected chi connectivity index (χ3v) is 5.01. The number of hydrogen-bond acceptors (Lipinski definition) is 3. The molecule has 0 aromatic carbocycles. The van der Waals surface area contributed by atoms with Crippen molar-refractivity contribution in [3.8, 4) is 0 Å². The lowest BCUT2D eigenvalue weighted by molar-refractivity contribution is -0.147. The third kappa shape index (κ3) is 2.69. The Morgan fingerprint density at radius 2 is 2.11 bits per heavy atom. The molecule has 2 aliphatic rings. The van der Waals surface area contributed by atoms with Crippen molar-refractivity contribution >= 4 is 5.97 Å². The molecule has 0 saturated heterocycles. The third-order valence-electron chi connectivity index (χ3n) is 5.01. The lowest BCUT2D eigenvalue weighted by Crippen LogP contribution is -2.57. The fourth-order valence-electron chi connectivity index (χ4n) is 3.38. The van der Waals surface area contributed by atoms with Gasteiger partial charge in [-0.3, -0.25) is 4.79 Å². The van der Waals surface area contributed by atoms with Crippen LogP contribution in [0.4, 0.5) is 0 Å². The van der Waals surface area contributed by atoms with Gasteiger partial charge < -0.3 is 15.3 Å². The zero-order valence-corrected chi connectivity index (χ0v) is 11.6. The highest BCUT2D eigenvalue weighted by Crippen LogP contribution is 2.33. The van der Waals surface area contributed by atoms with E-state index in [1.165, 1.54) is 19.3 Å². The van der Waals surface area contributed by atoms with Gasteiger partial charge >= 0.3 is 5.97 Å². The molecule has 2 unspecified atom stereocenters. The molecule has 2 fully saturated rings. The van der Waals surface area contributed by atoms with E-state index >= 15 is 0 Å². The first-order valence-electron chi connectivity index (χ1n) is 7.20. The number of nitrogens with one attached hydrogen (secondary N) is 1. The average Bonchev–Trinajstić information content (AvgIpc) is 2.33. The van der Waals surface area contributed by atoms with Crippen LogP contribution in [0.2, 0.25) is 0 Å². The monoisotopic (exact) mass is 254 g/mol. The van der Waals surface area contributed by atoms with Crippen molar-refractivity contribution in [3.63, 3.8) is 0 Å². The van der Waals surface area contributed by atoms with Gasteiger partial charge in [0.25, 0.3) is 0 Å². The van der Waals surface area contributed by atoms with Gasteiger partial charge in [-0.1, -0.05) is 6.42 Å². The summed E-state index contributed by atoms with van der Waals surface area (Å²) < 4.78 is 0. The number of rotatable bonds is 5. The van der Waals surface area contributed by atoms with E-state index < -0.39 is 11.5 Å². The van der Waals surface area contributed by atoms with E-state index in [0.29, 0.717) is 6.04 Å². The first-order valence-corrected chi connectivity index (χ1v) is 7.20. The second-order valence-corrected chi connectivity index (χ2v) is 6.12. The molecule has 2 rings (SSSR count). The summed E-state index contributed by atoms with van der Waals surface area (Å²) in [6.07, 6.45) is 7.72. The standard InChI is InChI=1S/C14H26N2O2/c1-15-14(13(17)18)8-4-7-12(9-14)16(2)10-11-5-3-6-11/h11-12,15H,3-10H2,1-2H3,(H,17,18). The summed E-state index contributed by atoms with van der Waals surface area (Å²) in [5.41, 5.74) is -0.698. The number of carboxylic acid groups (broad SMARTS) is 1. The highest BCUT2D eigenvalue weighted by Gasteiger charge is 2.42. The van der Waals surface area contributed by atoms with Crippen molar-refractivity contribution in [2.24, 2.45) is 5.92 Å². The molecule has 104 valence electrons. The van der Waals surface area contributed by atoms with Crippen molar-refractivity contribution in [3.05, 3.63) is 0 Å². The first-order chi connectivity index (χ1) is 8.57. The second kappa shape index (κ2) is 5.57. The lowest BCUT2D eigenvalue weighted by atomic mass is 9.77. The summed E-state index contributed by atoms with van der Waals surface area (Å²) in [5.74, 6) is 0.164. The van der Waals surface area contributed by atoms with E-state index in [-0.39, 0.29) is 0 Å². The maximum atomic E-state index is 11.5. The molecule has 0 aromatic rings. The van der Waals surface area contributed by atoms with Crippen LogP contribution in [0.5, 0.6) is 0 Å². The predicted molar refractivity (Wildman–Crippen MR) is 71.7 cm³/mol. The van der Waals surface area contributed by atoms with Crippen molar-refractivity contribution in [1.29, 1.82) is 0 Å².